The number of fused-ring (bicyclic) bond motifs is 1. The van der Waals surface area contributed by atoms with Crippen LogP contribution in [0.15, 0.2) is 42.7 Å². The van der Waals surface area contributed by atoms with E-state index >= 15 is 8.78 Å². The van der Waals surface area contributed by atoms with E-state index < -0.39 is 54.7 Å². The van der Waals surface area contributed by atoms with Gasteiger partial charge in [-0.25, -0.2) is 18.6 Å². The summed E-state index contributed by atoms with van der Waals surface area (Å²) in [4.78, 5) is 31.3. The van der Waals surface area contributed by atoms with E-state index in [0.29, 0.717) is 5.69 Å². The number of halogens is 5. The Morgan fingerprint density at radius 2 is 1.87 bits per heavy atom. The average molecular weight is 568 g/mol. The largest absolute Gasteiger partial charge is 0.491 e. The highest BCUT2D eigenvalue weighted by Crippen LogP contribution is 2.37. The number of benzene rings is 1. The summed E-state index contributed by atoms with van der Waals surface area (Å²) in [5, 5.41) is 8.54. The molecule has 0 aliphatic carbocycles. The van der Waals surface area contributed by atoms with Crippen molar-refractivity contribution in [2.75, 3.05) is 13.1 Å². The number of nitrogens with zero attached hydrogens (tertiary/aromatic N) is 6. The summed E-state index contributed by atoms with van der Waals surface area (Å²) in [5.74, 6) is -8.24. The van der Waals surface area contributed by atoms with E-state index in [9.17, 15) is 22.8 Å². The third-order valence-electron chi connectivity index (χ3n) is 5.86. The second-order valence-electron chi connectivity index (χ2n) is 8.51. The van der Waals surface area contributed by atoms with Crippen LogP contribution in [0.5, 0.6) is 11.6 Å². The first-order chi connectivity index (χ1) is 18.4. The number of rotatable bonds is 5. The van der Waals surface area contributed by atoms with Crippen molar-refractivity contribution in [1.82, 2.24) is 29.3 Å². The molecule has 0 saturated carbocycles. The summed E-state index contributed by atoms with van der Waals surface area (Å²) in [6, 6.07) is 7.13. The normalized spacial score (nSPS) is 17.3. The number of likely N-dealkylation sites (tertiary alicyclic amines) is 1. The Morgan fingerprint density at radius 3 is 2.59 bits per heavy atom. The molecule has 0 spiro atoms. The number of aryl methyl sites for hydroxylation is 1. The maximum atomic E-state index is 15.0. The van der Waals surface area contributed by atoms with Crippen molar-refractivity contribution in [3.05, 3.63) is 54.0 Å². The maximum Gasteiger partial charge on any atom is 0.491 e. The minimum Gasteiger partial charge on any atom is -0.463 e. The first-order valence-electron chi connectivity index (χ1n) is 11.3. The zero-order valence-corrected chi connectivity index (χ0v) is 20.7. The van der Waals surface area contributed by atoms with Crippen molar-refractivity contribution in [2.24, 2.45) is 0 Å². The van der Waals surface area contributed by atoms with E-state index in [0.717, 1.165) is 22.5 Å². The van der Waals surface area contributed by atoms with Crippen LogP contribution >= 0.6 is 11.5 Å². The molecule has 1 unspecified atom stereocenters. The lowest BCUT2D eigenvalue weighted by atomic mass is 10.0. The molecule has 39 heavy (non-hydrogen) atoms. The highest BCUT2D eigenvalue weighted by Gasteiger charge is 2.49. The Bertz CT molecular complexity index is 1540. The zero-order valence-electron chi connectivity index (χ0n) is 19.9. The molecule has 1 aliphatic heterocycles. The fraction of sp³-hybridized carbons (Fsp3) is 0.304. The van der Waals surface area contributed by atoms with E-state index in [1.807, 2.05) is 0 Å². The van der Waals surface area contributed by atoms with Gasteiger partial charge < -0.3 is 14.4 Å². The molecule has 5 rings (SSSR count). The highest BCUT2D eigenvalue weighted by atomic mass is 32.1. The molecular weight excluding hydrogens is 551 g/mol. The first-order valence-corrected chi connectivity index (χ1v) is 12.1. The molecule has 204 valence electrons. The van der Waals surface area contributed by atoms with Gasteiger partial charge in [0.2, 0.25) is 0 Å². The standard InChI is InChI=1S/C23H17F5N6O4S/c1-12-17(20(39-32-12)34-29-7-8-30-34)19(35)33-9-6-22(24,25)16(11-33)38-18-15(37-21(36)23(26,27)28)10-13-4-2-3-5-14(13)31-18/h2-5,7-8,10,16H,6,9,11H2,1H3. The molecule has 0 bridgehead atoms. The molecule has 1 atom stereocenters. The van der Waals surface area contributed by atoms with Gasteiger partial charge in [-0.15, -0.1) is 4.80 Å². The van der Waals surface area contributed by atoms with Gasteiger partial charge in [-0.2, -0.15) is 27.7 Å². The van der Waals surface area contributed by atoms with Gasteiger partial charge in [0, 0.05) is 18.4 Å². The van der Waals surface area contributed by atoms with Crippen LogP contribution in [-0.2, 0) is 4.79 Å². The predicted molar refractivity (Wildman–Crippen MR) is 125 cm³/mol. The molecule has 4 heterocycles. The van der Waals surface area contributed by atoms with Gasteiger partial charge >= 0.3 is 12.1 Å². The number of carbonyl (C=O) groups excluding carboxylic acids is 2. The summed E-state index contributed by atoms with van der Waals surface area (Å²) < 4.78 is 82.7. The summed E-state index contributed by atoms with van der Waals surface area (Å²) in [6.45, 7) is 0.589. The molecule has 0 radical (unpaired) electrons. The smallest absolute Gasteiger partial charge is 0.463 e. The number of aromatic nitrogens is 5. The third kappa shape index (κ3) is 5.23. The molecule has 1 aromatic carbocycles. The van der Waals surface area contributed by atoms with E-state index in [1.54, 1.807) is 19.1 Å². The van der Waals surface area contributed by atoms with Crippen molar-refractivity contribution in [3.63, 3.8) is 0 Å². The molecule has 3 aromatic heterocycles. The molecular formula is C23H17F5N6O4S. The Morgan fingerprint density at radius 1 is 1.15 bits per heavy atom. The lowest BCUT2D eigenvalue weighted by Gasteiger charge is -2.38. The van der Waals surface area contributed by atoms with Gasteiger partial charge in [0.05, 0.1) is 30.1 Å². The minimum absolute atomic E-state index is 0.115. The Kier molecular flexibility index (Phi) is 6.65. The zero-order chi connectivity index (χ0) is 27.9. The van der Waals surface area contributed by atoms with Gasteiger partial charge in [-0.05, 0) is 30.6 Å². The predicted octanol–water partition coefficient (Wildman–Crippen LogP) is 3.98. The SMILES string of the molecule is Cc1nsc(-n2nccn2)c1C(=O)N1CCC(F)(F)C(Oc2nc3ccccc3cc2OC(=O)C(F)(F)F)C1. The molecule has 16 heteroatoms. The Labute approximate surface area is 220 Å². The number of alkyl halides is 5. The maximum absolute atomic E-state index is 15.0. The van der Waals surface area contributed by atoms with Crippen LogP contribution < -0.4 is 9.47 Å². The van der Waals surface area contributed by atoms with Crippen LogP contribution in [0, 0.1) is 6.92 Å². The summed E-state index contributed by atoms with van der Waals surface area (Å²) in [7, 11) is 0. The molecule has 1 amide bonds. The van der Waals surface area contributed by atoms with Gasteiger partial charge in [0.1, 0.15) is 5.56 Å². The van der Waals surface area contributed by atoms with Crippen LogP contribution in [0.1, 0.15) is 22.5 Å². The first kappa shape index (κ1) is 26.4. The summed E-state index contributed by atoms with van der Waals surface area (Å²) in [5.41, 5.74) is 0.649. The number of amides is 1. The van der Waals surface area contributed by atoms with Gasteiger partial charge in [0.15, 0.2) is 16.9 Å². The summed E-state index contributed by atoms with van der Waals surface area (Å²) >= 11 is 0.951. The Balaban J connectivity index is 1.46. The molecule has 1 aliphatic rings. The minimum atomic E-state index is -5.35. The summed E-state index contributed by atoms with van der Waals surface area (Å²) in [6.07, 6.45) is -5.39. The quantitative estimate of drug-likeness (QED) is 0.263. The monoisotopic (exact) mass is 568 g/mol. The van der Waals surface area contributed by atoms with Crippen molar-refractivity contribution in [2.45, 2.75) is 31.5 Å². The second kappa shape index (κ2) is 9.83. The third-order valence-corrected chi connectivity index (χ3v) is 6.77. The van der Waals surface area contributed by atoms with Gasteiger partial charge in [-0.3, -0.25) is 4.79 Å². The van der Waals surface area contributed by atoms with Crippen molar-refractivity contribution in [1.29, 1.82) is 0 Å². The number of piperidine rings is 1. The van der Waals surface area contributed by atoms with Crippen LogP contribution in [0.25, 0.3) is 15.9 Å². The van der Waals surface area contributed by atoms with Gasteiger partial charge in [0.25, 0.3) is 17.7 Å². The fourth-order valence-corrected chi connectivity index (χ4v) is 4.73. The van der Waals surface area contributed by atoms with E-state index in [4.69, 9.17) is 4.74 Å². The number of ether oxygens (including phenoxy) is 2. The lowest BCUT2D eigenvalue weighted by Crippen LogP contribution is -2.55. The molecule has 1 saturated heterocycles. The second-order valence-corrected chi connectivity index (χ2v) is 9.26. The fourth-order valence-electron chi connectivity index (χ4n) is 3.93. The van der Waals surface area contributed by atoms with Crippen LogP contribution in [-0.4, -0.2) is 72.4 Å². The number of pyridine rings is 1. The molecule has 0 N–H and O–H groups in total. The average Bonchev–Trinajstić information content (AvgIpc) is 3.54. The van der Waals surface area contributed by atoms with Crippen LogP contribution in [0.2, 0.25) is 0 Å². The topological polar surface area (TPSA) is 112 Å². The van der Waals surface area contributed by atoms with Crippen molar-refractivity contribution >= 4 is 34.3 Å². The lowest BCUT2D eigenvalue weighted by molar-refractivity contribution is -0.190. The van der Waals surface area contributed by atoms with Crippen molar-refractivity contribution < 1.29 is 41.0 Å². The number of para-hydroxylation sites is 1. The van der Waals surface area contributed by atoms with E-state index in [1.165, 1.54) is 29.3 Å². The molecule has 10 nitrogen and oxygen atoms in total. The Hall–Kier alpha value is -4.21. The number of hydrogen-bond donors (Lipinski definition) is 0. The number of esters is 1. The molecule has 4 aromatic rings. The number of carbonyl (C=O) groups is 2. The van der Waals surface area contributed by atoms with Crippen molar-refractivity contribution in [3.8, 4) is 16.6 Å². The number of hydrogen-bond acceptors (Lipinski definition) is 9. The van der Waals surface area contributed by atoms with E-state index in [2.05, 4.69) is 24.3 Å². The van der Waals surface area contributed by atoms with E-state index in [-0.39, 0.29) is 28.0 Å². The van der Waals surface area contributed by atoms with Crippen LogP contribution in [0.4, 0.5) is 22.0 Å². The molecule has 1 fully saturated rings. The van der Waals surface area contributed by atoms with Gasteiger partial charge in [-0.1, -0.05) is 18.2 Å². The van der Waals surface area contributed by atoms with Crippen LogP contribution in [0.3, 0.4) is 0 Å². The highest BCUT2D eigenvalue weighted by molar-refractivity contribution is 7.09.